The van der Waals surface area contributed by atoms with Crippen LogP contribution in [0.15, 0.2) is 85.7 Å². The minimum atomic E-state index is -0.390. The number of ether oxygens (including phenoxy) is 3. The molecule has 162 valence electrons. The molecule has 0 fully saturated rings. The van der Waals surface area contributed by atoms with Crippen LogP contribution in [0.5, 0.6) is 11.5 Å². The van der Waals surface area contributed by atoms with Crippen LogP contribution in [0.3, 0.4) is 0 Å². The molecule has 0 radical (unpaired) electrons. The number of methoxy groups -OCH3 is 1. The number of carbonyl (C=O) groups excluding carboxylic acids is 1. The molecule has 0 spiro atoms. The van der Waals surface area contributed by atoms with Crippen molar-refractivity contribution in [1.82, 2.24) is 0 Å². The summed E-state index contributed by atoms with van der Waals surface area (Å²) in [6.45, 7) is 0.436. The minimum Gasteiger partial charge on any atom is -0.497 e. The van der Waals surface area contributed by atoms with E-state index in [4.69, 9.17) is 14.2 Å². The van der Waals surface area contributed by atoms with Crippen LogP contribution in [-0.2, 0) is 16.1 Å². The van der Waals surface area contributed by atoms with E-state index in [0.717, 1.165) is 35.9 Å². The summed E-state index contributed by atoms with van der Waals surface area (Å²) in [6, 6.07) is 19.1. The fourth-order valence-electron chi connectivity index (χ4n) is 3.10. The molecule has 4 rings (SSSR count). The van der Waals surface area contributed by atoms with E-state index in [2.05, 4.69) is 47.8 Å². The van der Waals surface area contributed by atoms with Gasteiger partial charge in [0, 0.05) is 10.0 Å². The van der Waals surface area contributed by atoms with Crippen LogP contribution in [-0.4, -0.2) is 13.1 Å². The Bertz CT molecular complexity index is 1190. The largest absolute Gasteiger partial charge is 0.497 e. The molecule has 4 nitrogen and oxygen atoms in total. The molecule has 1 heterocycles. The van der Waals surface area contributed by atoms with Crippen LogP contribution in [0, 0.1) is 0 Å². The molecule has 0 saturated carbocycles. The second-order valence-corrected chi connectivity index (χ2v) is 9.58. The number of carbonyl (C=O) groups is 1. The lowest BCUT2D eigenvalue weighted by molar-refractivity contribution is -0.130. The van der Waals surface area contributed by atoms with Gasteiger partial charge in [-0.3, -0.25) is 0 Å². The minimum absolute atomic E-state index is 0.390. The number of benzene rings is 3. The molecule has 7 heteroatoms. The highest BCUT2D eigenvalue weighted by Crippen LogP contribution is 2.37. The molecule has 1 aliphatic rings. The summed E-state index contributed by atoms with van der Waals surface area (Å²) in [5, 5.41) is 0. The summed E-state index contributed by atoms with van der Waals surface area (Å²) in [5.74, 6) is 1.56. The van der Waals surface area contributed by atoms with E-state index >= 15 is 0 Å². The van der Waals surface area contributed by atoms with Crippen molar-refractivity contribution in [3.8, 4) is 11.5 Å². The lowest BCUT2D eigenvalue weighted by Crippen LogP contribution is -1.98. The van der Waals surface area contributed by atoms with E-state index in [1.165, 1.54) is 0 Å². The standard InChI is InChI=1S/C25H17Br3O4/c1-30-20-8-4-17(5-9-20)23-13-18(25(29)32-23)10-16-11-21(27)24(22(28)12-16)31-14-15-2-6-19(26)7-3-15/h2-13H,14H2,1H3. The van der Waals surface area contributed by atoms with E-state index in [0.29, 0.717) is 23.7 Å². The summed E-state index contributed by atoms with van der Waals surface area (Å²) in [7, 11) is 1.61. The molecule has 0 bridgehead atoms. The molecule has 0 saturated heterocycles. The lowest BCUT2D eigenvalue weighted by atomic mass is 10.1. The number of halogens is 3. The number of rotatable bonds is 6. The average molecular weight is 621 g/mol. The summed E-state index contributed by atoms with van der Waals surface area (Å²) in [5.41, 5.74) is 3.17. The first-order chi connectivity index (χ1) is 15.4. The summed E-state index contributed by atoms with van der Waals surface area (Å²) in [4.78, 5) is 12.4. The molecule has 32 heavy (non-hydrogen) atoms. The van der Waals surface area contributed by atoms with Crippen LogP contribution in [0.1, 0.15) is 16.7 Å². The van der Waals surface area contributed by atoms with Gasteiger partial charge in [0.25, 0.3) is 0 Å². The zero-order valence-electron chi connectivity index (χ0n) is 16.9. The maximum absolute atomic E-state index is 12.4. The van der Waals surface area contributed by atoms with Gasteiger partial charge in [-0.2, -0.15) is 0 Å². The van der Waals surface area contributed by atoms with Gasteiger partial charge in [-0.15, -0.1) is 0 Å². The normalized spacial score (nSPS) is 14.3. The van der Waals surface area contributed by atoms with Crippen LogP contribution in [0.4, 0.5) is 0 Å². The van der Waals surface area contributed by atoms with Crippen LogP contribution >= 0.6 is 47.8 Å². The second kappa shape index (κ2) is 10.1. The van der Waals surface area contributed by atoms with Gasteiger partial charge in [0.1, 0.15) is 23.9 Å². The number of hydrogen-bond donors (Lipinski definition) is 0. The monoisotopic (exact) mass is 618 g/mol. The quantitative estimate of drug-likeness (QED) is 0.211. The molecule has 0 amide bonds. The van der Waals surface area contributed by atoms with E-state index in [-0.39, 0.29) is 0 Å². The molecule has 3 aromatic carbocycles. The molecule has 0 atom stereocenters. The highest BCUT2D eigenvalue weighted by Gasteiger charge is 2.22. The Morgan fingerprint density at radius 3 is 2.22 bits per heavy atom. The van der Waals surface area contributed by atoms with Crippen molar-refractivity contribution >= 4 is 65.6 Å². The van der Waals surface area contributed by atoms with Gasteiger partial charge in [0.15, 0.2) is 0 Å². The molecule has 0 aromatic heterocycles. The highest BCUT2D eigenvalue weighted by molar-refractivity contribution is 9.11. The zero-order valence-corrected chi connectivity index (χ0v) is 21.7. The fraction of sp³-hybridized carbons (Fsp3) is 0.0800. The van der Waals surface area contributed by atoms with E-state index < -0.39 is 5.97 Å². The number of esters is 1. The Balaban J connectivity index is 1.53. The molecule has 3 aromatic rings. The van der Waals surface area contributed by atoms with Gasteiger partial charge in [-0.25, -0.2) is 4.79 Å². The molecular formula is C25H17Br3O4. The maximum Gasteiger partial charge on any atom is 0.343 e. The smallest absolute Gasteiger partial charge is 0.343 e. The van der Waals surface area contributed by atoms with Gasteiger partial charge in [0.05, 0.1) is 21.6 Å². The third kappa shape index (κ3) is 5.34. The molecule has 0 unspecified atom stereocenters. The van der Waals surface area contributed by atoms with Gasteiger partial charge in [-0.1, -0.05) is 28.1 Å². The van der Waals surface area contributed by atoms with E-state index in [1.807, 2.05) is 60.7 Å². The number of cyclic esters (lactones) is 1. The lowest BCUT2D eigenvalue weighted by Gasteiger charge is -2.11. The molecule has 1 aliphatic heterocycles. The summed E-state index contributed by atoms with van der Waals surface area (Å²) in [6.07, 6.45) is 3.52. The Labute approximate surface area is 211 Å². The van der Waals surface area contributed by atoms with E-state index in [9.17, 15) is 4.79 Å². The first-order valence-electron chi connectivity index (χ1n) is 9.59. The van der Waals surface area contributed by atoms with Crippen molar-refractivity contribution in [3.05, 3.63) is 102 Å². The van der Waals surface area contributed by atoms with Crippen molar-refractivity contribution < 1.29 is 19.0 Å². The third-order valence-electron chi connectivity index (χ3n) is 4.74. The van der Waals surface area contributed by atoms with Crippen molar-refractivity contribution in [1.29, 1.82) is 0 Å². The van der Waals surface area contributed by atoms with Gasteiger partial charge in [0.2, 0.25) is 0 Å². The predicted octanol–water partition coefficient (Wildman–Crippen LogP) is 7.54. The average Bonchev–Trinajstić information content (AvgIpc) is 3.14. The Kier molecular flexibility index (Phi) is 7.18. The van der Waals surface area contributed by atoms with Crippen LogP contribution < -0.4 is 9.47 Å². The van der Waals surface area contributed by atoms with Crippen molar-refractivity contribution in [3.63, 3.8) is 0 Å². The Morgan fingerprint density at radius 1 is 0.938 bits per heavy atom. The van der Waals surface area contributed by atoms with Crippen LogP contribution in [0.25, 0.3) is 11.8 Å². The Hall–Kier alpha value is -2.35. The Morgan fingerprint density at radius 2 is 1.59 bits per heavy atom. The van der Waals surface area contributed by atoms with Gasteiger partial charge >= 0.3 is 5.97 Å². The van der Waals surface area contributed by atoms with Crippen molar-refractivity contribution in [2.45, 2.75) is 6.61 Å². The first-order valence-corrected chi connectivity index (χ1v) is 12.0. The predicted molar refractivity (Wildman–Crippen MR) is 135 cm³/mol. The van der Waals surface area contributed by atoms with Crippen LogP contribution in [0.2, 0.25) is 0 Å². The zero-order chi connectivity index (χ0) is 22.7. The third-order valence-corrected chi connectivity index (χ3v) is 6.45. The van der Waals surface area contributed by atoms with Crippen molar-refractivity contribution in [2.75, 3.05) is 7.11 Å². The molecule has 0 N–H and O–H groups in total. The molecule has 0 aliphatic carbocycles. The van der Waals surface area contributed by atoms with Crippen molar-refractivity contribution in [2.24, 2.45) is 0 Å². The summed E-state index contributed by atoms with van der Waals surface area (Å²) < 4.78 is 19.2. The second-order valence-electron chi connectivity index (χ2n) is 6.96. The summed E-state index contributed by atoms with van der Waals surface area (Å²) >= 11 is 10.6. The SMILES string of the molecule is COc1ccc(C2=CC(=Cc3cc(Br)c(OCc4ccc(Br)cc4)c(Br)c3)C(=O)O2)cc1. The van der Waals surface area contributed by atoms with Gasteiger partial charge < -0.3 is 14.2 Å². The topological polar surface area (TPSA) is 44.8 Å². The van der Waals surface area contributed by atoms with E-state index in [1.54, 1.807) is 19.3 Å². The maximum atomic E-state index is 12.4. The van der Waals surface area contributed by atoms with Gasteiger partial charge in [-0.05, 0) is 104 Å². The molecular weight excluding hydrogens is 604 g/mol. The number of hydrogen-bond acceptors (Lipinski definition) is 4. The fourth-order valence-corrected chi connectivity index (χ4v) is 4.82. The highest BCUT2D eigenvalue weighted by atomic mass is 79.9. The first kappa shape index (κ1) is 22.8.